The number of carbonyl (C=O) groups excluding carboxylic acids is 1. The average Bonchev–Trinajstić information content (AvgIpc) is 2.75. The van der Waals surface area contributed by atoms with E-state index in [1.807, 2.05) is 60.4 Å². The summed E-state index contributed by atoms with van der Waals surface area (Å²) in [5, 5.41) is 0. The SMILES string of the molecule is CCOc1ccc(C(=O)N2CCN(CC)CC2)cc1COCc1ccccc1. The van der Waals surface area contributed by atoms with Crippen LogP contribution in [0.15, 0.2) is 48.5 Å². The minimum absolute atomic E-state index is 0.0862. The van der Waals surface area contributed by atoms with Gasteiger partial charge in [0, 0.05) is 37.3 Å². The number of likely N-dealkylation sites (N-methyl/N-ethyl adjacent to an activating group) is 1. The summed E-state index contributed by atoms with van der Waals surface area (Å²) in [5.74, 6) is 0.867. The van der Waals surface area contributed by atoms with Gasteiger partial charge in [-0.25, -0.2) is 0 Å². The number of amides is 1. The Balaban J connectivity index is 1.67. The van der Waals surface area contributed by atoms with E-state index in [-0.39, 0.29) is 5.91 Å². The Hall–Kier alpha value is -2.37. The summed E-state index contributed by atoms with van der Waals surface area (Å²) >= 11 is 0. The van der Waals surface area contributed by atoms with Gasteiger partial charge in [-0.3, -0.25) is 4.79 Å². The smallest absolute Gasteiger partial charge is 0.253 e. The molecular formula is C23H30N2O3. The molecule has 0 atom stereocenters. The van der Waals surface area contributed by atoms with E-state index < -0.39 is 0 Å². The van der Waals surface area contributed by atoms with Gasteiger partial charge in [-0.05, 0) is 37.2 Å². The lowest BCUT2D eigenvalue weighted by molar-refractivity contribution is 0.0642. The maximum Gasteiger partial charge on any atom is 0.253 e. The van der Waals surface area contributed by atoms with Crippen molar-refractivity contribution in [3.05, 3.63) is 65.2 Å². The number of hydrogen-bond acceptors (Lipinski definition) is 4. The molecule has 0 saturated carbocycles. The molecule has 3 rings (SSSR count). The molecule has 1 aliphatic rings. The minimum atomic E-state index is 0.0862. The third-order valence-electron chi connectivity index (χ3n) is 5.08. The Morgan fingerprint density at radius 2 is 1.71 bits per heavy atom. The van der Waals surface area contributed by atoms with Gasteiger partial charge < -0.3 is 19.3 Å². The van der Waals surface area contributed by atoms with E-state index in [1.165, 1.54) is 0 Å². The molecule has 5 nitrogen and oxygen atoms in total. The average molecular weight is 383 g/mol. The van der Waals surface area contributed by atoms with E-state index in [2.05, 4.69) is 11.8 Å². The third-order valence-corrected chi connectivity index (χ3v) is 5.08. The van der Waals surface area contributed by atoms with Crippen LogP contribution in [0, 0.1) is 0 Å². The molecule has 2 aromatic rings. The Morgan fingerprint density at radius 3 is 2.39 bits per heavy atom. The van der Waals surface area contributed by atoms with Crippen molar-refractivity contribution in [1.82, 2.24) is 9.80 Å². The highest BCUT2D eigenvalue weighted by Gasteiger charge is 2.22. The molecule has 1 amide bonds. The predicted molar refractivity (Wildman–Crippen MR) is 111 cm³/mol. The molecule has 0 aliphatic carbocycles. The lowest BCUT2D eigenvalue weighted by Gasteiger charge is -2.34. The lowest BCUT2D eigenvalue weighted by atomic mass is 10.1. The van der Waals surface area contributed by atoms with E-state index in [9.17, 15) is 4.79 Å². The molecule has 0 spiro atoms. The number of rotatable bonds is 8. The maximum atomic E-state index is 12.9. The zero-order valence-corrected chi connectivity index (χ0v) is 16.9. The summed E-state index contributed by atoms with van der Waals surface area (Å²) in [4.78, 5) is 17.2. The van der Waals surface area contributed by atoms with Crippen molar-refractivity contribution in [2.45, 2.75) is 27.1 Å². The van der Waals surface area contributed by atoms with Gasteiger partial charge in [0.05, 0.1) is 19.8 Å². The summed E-state index contributed by atoms with van der Waals surface area (Å²) in [5.41, 5.74) is 2.74. The van der Waals surface area contributed by atoms with Gasteiger partial charge in [-0.1, -0.05) is 37.3 Å². The maximum absolute atomic E-state index is 12.9. The first-order valence-electron chi connectivity index (χ1n) is 10.1. The highest BCUT2D eigenvalue weighted by atomic mass is 16.5. The van der Waals surface area contributed by atoms with Crippen LogP contribution in [0.1, 0.15) is 35.3 Å². The molecule has 1 saturated heterocycles. The normalized spacial score (nSPS) is 14.9. The third kappa shape index (κ3) is 5.33. The van der Waals surface area contributed by atoms with Crippen LogP contribution in [-0.4, -0.2) is 55.0 Å². The zero-order chi connectivity index (χ0) is 19.8. The van der Waals surface area contributed by atoms with Gasteiger partial charge in [-0.2, -0.15) is 0 Å². The number of piperazine rings is 1. The van der Waals surface area contributed by atoms with Crippen molar-refractivity contribution in [2.75, 3.05) is 39.3 Å². The van der Waals surface area contributed by atoms with Crippen LogP contribution in [0.2, 0.25) is 0 Å². The van der Waals surface area contributed by atoms with Crippen molar-refractivity contribution in [2.24, 2.45) is 0 Å². The molecule has 0 aromatic heterocycles. The second-order valence-electron chi connectivity index (χ2n) is 6.96. The van der Waals surface area contributed by atoms with Crippen molar-refractivity contribution < 1.29 is 14.3 Å². The monoisotopic (exact) mass is 382 g/mol. The quantitative estimate of drug-likeness (QED) is 0.700. The van der Waals surface area contributed by atoms with Crippen molar-refractivity contribution in [3.8, 4) is 5.75 Å². The highest BCUT2D eigenvalue weighted by molar-refractivity contribution is 5.94. The summed E-state index contributed by atoms with van der Waals surface area (Å²) in [6, 6.07) is 15.7. The molecule has 2 aromatic carbocycles. The standard InChI is InChI=1S/C23H30N2O3/c1-3-24-12-14-25(15-13-24)23(26)20-10-11-22(28-4-2)21(16-20)18-27-17-19-8-6-5-7-9-19/h5-11,16H,3-4,12-15,17-18H2,1-2H3. The summed E-state index contributed by atoms with van der Waals surface area (Å²) in [7, 11) is 0. The molecule has 150 valence electrons. The number of carbonyl (C=O) groups is 1. The fraction of sp³-hybridized carbons (Fsp3) is 0.435. The first-order valence-corrected chi connectivity index (χ1v) is 10.1. The second kappa shape index (κ2) is 10.2. The Bertz CT molecular complexity index is 756. The van der Waals surface area contributed by atoms with Gasteiger partial charge in [0.1, 0.15) is 5.75 Å². The second-order valence-corrected chi connectivity index (χ2v) is 6.96. The molecule has 28 heavy (non-hydrogen) atoms. The van der Waals surface area contributed by atoms with E-state index in [4.69, 9.17) is 9.47 Å². The minimum Gasteiger partial charge on any atom is -0.494 e. The number of ether oxygens (including phenoxy) is 2. The lowest BCUT2D eigenvalue weighted by Crippen LogP contribution is -2.48. The molecule has 1 fully saturated rings. The number of benzene rings is 2. The van der Waals surface area contributed by atoms with Gasteiger partial charge in [0.25, 0.3) is 5.91 Å². The predicted octanol–water partition coefficient (Wildman–Crippen LogP) is 3.58. The summed E-state index contributed by atoms with van der Waals surface area (Å²) < 4.78 is 11.6. The molecule has 0 unspecified atom stereocenters. The fourth-order valence-corrected chi connectivity index (χ4v) is 3.42. The fourth-order valence-electron chi connectivity index (χ4n) is 3.42. The Labute approximate surface area is 167 Å². The van der Waals surface area contributed by atoms with Crippen LogP contribution in [-0.2, 0) is 18.0 Å². The van der Waals surface area contributed by atoms with Crippen molar-refractivity contribution >= 4 is 5.91 Å². The van der Waals surface area contributed by atoms with E-state index in [1.54, 1.807) is 0 Å². The molecule has 1 heterocycles. The van der Waals surface area contributed by atoms with Gasteiger partial charge >= 0.3 is 0 Å². The van der Waals surface area contributed by atoms with E-state index >= 15 is 0 Å². The topological polar surface area (TPSA) is 42.0 Å². The molecular weight excluding hydrogens is 352 g/mol. The molecule has 0 bridgehead atoms. The largest absolute Gasteiger partial charge is 0.494 e. The van der Waals surface area contributed by atoms with Crippen molar-refractivity contribution in [3.63, 3.8) is 0 Å². The van der Waals surface area contributed by atoms with Crippen LogP contribution in [0.3, 0.4) is 0 Å². The van der Waals surface area contributed by atoms with Crippen LogP contribution < -0.4 is 4.74 Å². The van der Waals surface area contributed by atoms with Crippen molar-refractivity contribution in [1.29, 1.82) is 0 Å². The number of nitrogens with zero attached hydrogens (tertiary/aromatic N) is 2. The van der Waals surface area contributed by atoms with Crippen LogP contribution in [0.25, 0.3) is 0 Å². The molecule has 5 heteroatoms. The van der Waals surface area contributed by atoms with Crippen LogP contribution in [0.5, 0.6) is 5.75 Å². The van der Waals surface area contributed by atoms with Crippen LogP contribution >= 0.6 is 0 Å². The molecule has 0 radical (unpaired) electrons. The molecule has 1 aliphatic heterocycles. The molecule has 0 N–H and O–H groups in total. The Morgan fingerprint density at radius 1 is 0.964 bits per heavy atom. The van der Waals surface area contributed by atoms with Crippen LogP contribution in [0.4, 0.5) is 0 Å². The summed E-state index contributed by atoms with van der Waals surface area (Å²) in [6.45, 7) is 10.1. The van der Waals surface area contributed by atoms with Gasteiger partial charge in [0.2, 0.25) is 0 Å². The van der Waals surface area contributed by atoms with E-state index in [0.717, 1.165) is 49.6 Å². The van der Waals surface area contributed by atoms with Gasteiger partial charge in [0.15, 0.2) is 0 Å². The van der Waals surface area contributed by atoms with Gasteiger partial charge in [-0.15, -0.1) is 0 Å². The first kappa shape index (κ1) is 20.4. The first-order chi connectivity index (χ1) is 13.7. The van der Waals surface area contributed by atoms with E-state index in [0.29, 0.717) is 25.4 Å². The summed E-state index contributed by atoms with van der Waals surface area (Å²) in [6.07, 6.45) is 0. The zero-order valence-electron chi connectivity index (χ0n) is 16.9. The highest BCUT2D eigenvalue weighted by Crippen LogP contribution is 2.23. The Kier molecular flexibility index (Phi) is 7.46. The number of hydrogen-bond donors (Lipinski definition) is 0.